The Hall–Kier alpha value is 0.650. The molecule has 0 amide bonds. The molecule has 0 spiro atoms. The topological polar surface area (TPSA) is 6.48 Å². The molecule has 0 aromatic heterocycles. The Bertz CT molecular complexity index is 147. The fraction of sp³-hybridized carbons (Fsp3) is 1.00. The summed E-state index contributed by atoms with van der Waals surface area (Å²) in [4.78, 5) is 2.58. The summed E-state index contributed by atoms with van der Waals surface area (Å²) in [6, 6.07) is 0.847. The molecule has 2 saturated heterocycles. The van der Waals surface area contributed by atoms with Crippen molar-refractivity contribution in [2.24, 2.45) is 0 Å². The third-order valence-electron chi connectivity index (χ3n) is 2.97. The molecular weight excluding hydrogens is 263 g/mol. The minimum absolute atomic E-state index is 0.847. The number of piperidine rings is 1. The van der Waals surface area contributed by atoms with Crippen LogP contribution in [0.1, 0.15) is 25.7 Å². The zero-order valence-electron chi connectivity index (χ0n) is 7.51. The predicted molar refractivity (Wildman–Crippen MR) is 59.4 cm³/mol. The fourth-order valence-corrected chi connectivity index (χ4v) is 2.80. The molecule has 0 radical (unpaired) electrons. The summed E-state index contributed by atoms with van der Waals surface area (Å²) in [6.45, 7) is 5.32. The van der Waals surface area contributed by atoms with E-state index >= 15 is 0 Å². The lowest BCUT2D eigenvalue weighted by Crippen LogP contribution is -2.47. The second-order valence-electron chi connectivity index (χ2n) is 3.93. The molecule has 0 N–H and O–H groups in total. The van der Waals surface area contributed by atoms with E-state index in [1.54, 1.807) is 0 Å². The van der Waals surface area contributed by atoms with E-state index in [1.165, 1.54) is 51.9 Å². The maximum Gasteiger partial charge on any atom is 0.0321 e. The number of nitrogens with zero attached hydrogens (tertiary/aromatic N) is 2. The smallest absolute Gasteiger partial charge is 0.0321 e. The van der Waals surface area contributed by atoms with Gasteiger partial charge in [0.2, 0.25) is 0 Å². The summed E-state index contributed by atoms with van der Waals surface area (Å²) in [6.07, 6.45) is 5.69. The molecule has 70 valence electrons. The molecule has 2 nitrogen and oxygen atoms in total. The quantitative estimate of drug-likeness (QED) is 0.563. The molecule has 0 aromatic rings. The van der Waals surface area contributed by atoms with Gasteiger partial charge in [0.25, 0.3) is 0 Å². The van der Waals surface area contributed by atoms with Gasteiger partial charge in [-0.2, -0.15) is 0 Å². The molecule has 2 heterocycles. The monoisotopic (exact) mass is 280 g/mol. The highest BCUT2D eigenvalue weighted by molar-refractivity contribution is 14.1. The van der Waals surface area contributed by atoms with Crippen molar-refractivity contribution < 1.29 is 0 Å². The summed E-state index contributed by atoms with van der Waals surface area (Å²) in [5, 5.41) is 0. The van der Waals surface area contributed by atoms with Crippen molar-refractivity contribution in [2.45, 2.75) is 31.7 Å². The lowest BCUT2D eigenvalue weighted by Gasteiger charge is -2.38. The second kappa shape index (κ2) is 4.24. The Morgan fingerprint density at radius 2 is 1.92 bits per heavy atom. The zero-order valence-corrected chi connectivity index (χ0v) is 9.66. The maximum absolute atomic E-state index is 2.58. The lowest BCUT2D eigenvalue weighted by molar-refractivity contribution is 0.131. The maximum atomic E-state index is 2.58. The Kier molecular flexibility index (Phi) is 3.26. The molecule has 2 fully saturated rings. The Morgan fingerprint density at radius 3 is 2.50 bits per heavy atom. The van der Waals surface area contributed by atoms with Crippen LogP contribution in [-0.4, -0.2) is 40.2 Å². The number of hydrogen-bond acceptors (Lipinski definition) is 2. The molecule has 0 saturated carbocycles. The molecule has 2 aliphatic rings. The normalized spacial score (nSPS) is 33.2. The summed E-state index contributed by atoms with van der Waals surface area (Å²) < 4.78 is 2.51. The Labute approximate surface area is 88.8 Å². The number of likely N-dealkylation sites (tertiary alicyclic amines) is 1. The molecule has 3 heteroatoms. The van der Waals surface area contributed by atoms with E-state index in [4.69, 9.17) is 0 Å². The highest BCUT2D eigenvalue weighted by Crippen LogP contribution is 2.22. The van der Waals surface area contributed by atoms with Crippen molar-refractivity contribution in [3.8, 4) is 0 Å². The van der Waals surface area contributed by atoms with Gasteiger partial charge in [-0.3, -0.25) is 0 Å². The highest BCUT2D eigenvalue weighted by atomic mass is 127. The van der Waals surface area contributed by atoms with Gasteiger partial charge in [0.05, 0.1) is 0 Å². The van der Waals surface area contributed by atoms with Crippen molar-refractivity contribution >= 4 is 22.9 Å². The van der Waals surface area contributed by atoms with Crippen LogP contribution in [0.5, 0.6) is 0 Å². The van der Waals surface area contributed by atoms with Crippen molar-refractivity contribution in [1.82, 2.24) is 8.01 Å². The second-order valence-corrected chi connectivity index (χ2v) is 5.17. The first-order valence-electron chi connectivity index (χ1n) is 5.01. The van der Waals surface area contributed by atoms with Gasteiger partial charge in [-0.1, -0.05) is 6.42 Å². The number of hydrogen-bond donors (Lipinski definition) is 0. The van der Waals surface area contributed by atoms with Gasteiger partial charge in [0.15, 0.2) is 0 Å². The van der Waals surface area contributed by atoms with Crippen LogP contribution in [0.4, 0.5) is 0 Å². The fourth-order valence-electron chi connectivity index (χ4n) is 2.01. The van der Waals surface area contributed by atoms with E-state index in [2.05, 4.69) is 30.9 Å². The summed E-state index contributed by atoms with van der Waals surface area (Å²) in [5.74, 6) is 0. The SMILES string of the molecule is IN1CCCCC1CN1CCC1. The van der Waals surface area contributed by atoms with E-state index in [-0.39, 0.29) is 0 Å². The van der Waals surface area contributed by atoms with Crippen LogP contribution in [0.25, 0.3) is 0 Å². The van der Waals surface area contributed by atoms with Crippen LogP contribution in [0.2, 0.25) is 0 Å². The van der Waals surface area contributed by atoms with Crippen molar-refractivity contribution in [1.29, 1.82) is 0 Å². The van der Waals surface area contributed by atoms with Gasteiger partial charge in [0.1, 0.15) is 0 Å². The van der Waals surface area contributed by atoms with Gasteiger partial charge >= 0.3 is 0 Å². The Morgan fingerprint density at radius 1 is 1.08 bits per heavy atom. The third kappa shape index (κ3) is 2.12. The summed E-state index contributed by atoms with van der Waals surface area (Å²) in [7, 11) is 0. The van der Waals surface area contributed by atoms with E-state index < -0.39 is 0 Å². The van der Waals surface area contributed by atoms with Crippen LogP contribution in [0.3, 0.4) is 0 Å². The van der Waals surface area contributed by atoms with Crippen molar-refractivity contribution in [3.05, 3.63) is 0 Å². The van der Waals surface area contributed by atoms with Crippen LogP contribution < -0.4 is 0 Å². The van der Waals surface area contributed by atoms with Crippen LogP contribution in [-0.2, 0) is 0 Å². The minimum Gasteiger partial charge on any atom is -0.302 e. The van der Waals surface area contributed by atoms with E-state index in [1.807, 2.05) is 0 Å². The molecule has 12 heavy (non-hydrogen) atoms. The highest BCUT2D eigenvalue weighted by Gasteiger charge is 2.24. The molecule has 1 atom stereocenters. The van der Waals surface area contributed by atoms with Gasteiger partial charge in [-0.25, -0.2) is 3.11 Å². The van der Waals surface area contributed by atoms with E-state index in [0.29, 0.717) is 0 Å². The standard InChI is InChI=1S/C9H17IN2/c10-12-7-2-1-4-9(12)8-11-5-3-6-11/h9H,1-8H2. The number of rotatable bonds is 2. The summed E-state index contributed by atoms with van der Waals surface area (Å²) in [5.41, 5.74) is 0. The van der Waals surface area contributed by atoms with Gasteiger partial charge in [0, 0.05) is 42.0 Å². The first-order chi connectivity index (χ1) is 5.86. The summed E-state index contributed by atoms with van der Waals surface area (Å²) >= 11 is 2.50. The van der Waals surface area contributed by atoms with Crippen LogP contribution >= 0.6 is 22.9 Å². The first kappa shape index (κ1) is 9.21. The molecule has 0 aromatic carbocycles. The lowest BCUT2D eigenvalue weighted by atomic mass is 10.0. The average Bonchev–Trinajstić information content (AvgIpc) is 2.00. The first-order valence-corrected chi connectivity index (χ1v) is 5.97. The van der Waals surface area contributed by atoms with Crippen molar-refractivity contribution in [2.75, 3.05) is 26.2 Å². The average molecular weight is 280 g/mol. The van der Waals surface area contributed by atoms with E-state index in [0.717, 1.165) is 6.04 Å². The predicted octanol–water partition coefficient (Wildman–Crippen LogP) is 1.90. The van der Waals surface area contributed by atoms with Gasteiger partial charge in [-0.15, -0.1) is 0 Å². The zero-order chi connectivity index (χ0) is 8.39. The molecule has 2 aliphatic heterocycles. The third-order valence-corrected chi connectivity index (χ3v) is 4.24. The number of halogens is 1. The molecule has 2 rings (SSSR count). The van der Waals surface area contributed by atoms with Crippen LogP contribution in [0, 0.1) is 0 Å². The van der Waals surface area contributed by atoms with Gasteiger partial charge in [-0.05, 0) is 32.4 Å². The molecule has 0 aliphatic carbocycles. The molecule has 1 unspecified atom stereocenters. The Balaban J connectivity index is 1.76. The molecular formula is C9H17IN2. The van der Waals surface area contributed by atoms with E-state index in [9.17, 15) is 0 Å². The van der Waals surface area contributed by atoms with Crippen LogP contribution in [0.15, 0.2) is 0 Å². The minimum atomic E-state index is 0.847. The largest absolute Gasteiger partial charge is 0.302 e. The van der Waals surface area contributed by atoms with Crippen molar-refractivity contribution in [3.63, 3.8) is 0 Å². The molecule has 0 bridgehead atoms. The van der Waals surface area contributed by atoms with Gasteiger partial charge < -0.3 is 4.90 Å².